The van der Waals surface area contributed by atoms with Crippen molar-refractivity contribution in [1.29, 1.82) is 0 Å². The molecule has 3 aromatic rings. The highest BCUT2D eigenvalue weighted by Crippen LogP contribution is 2.30. The molecule has 0 spiro atoms. The molecule has 48 heavy (non-hydrogen) atoms. The third kappa shape index (κ3) is 8.49. The fourth-order valence-corrected chi connectivity index (χ4v) is 6.53. The van der Waals surface area contributed by atoms with Crippen molar-refractivity contribution < 1.29 is 4.79 Å². The second-order valence-electron chi connectivity index (χ2n) is 13.1. The SMILES string of the molecule is CCC1=C(Nc2ccc(N(CC)C(C)C)cc2)/C(=N\c2ccc(N(CC)C(C)C)cc2)C=C(Nc2ccc(N(CC)C(C)C)cc2)C1=O. The summed E-state index contributed by atoms with van der Waals surface area (Å²) in [6, 6.07) is 26.3. The molecule has 0 saturated carbocycles. The minimum absolute atomic E-state index is 0.0279. The predicted molar refractivity (Wildman–Crippen MR) is 209 cm³/mol. The standard InChI is InChI=1S/C41H56N6O/c1-11-37-40(44-33-19-25-36(26-20-33)47(14-4)30(9)10)38(42-31-15-21-34(22-16-31)45(12-2)28(5)6)27-39(41(37)48)43-32-17-23-35(24-18-32)46(13-3)29(7)8/h15-30,43-44H,11-14H2,1-10H3/b42-38-. The number of carbonyl (C=O) groups excluding carboxylic acids is 1. The average Bonchev–Trinajstić information content (AvgIpc) is 3.06. The number of ketones is 1. The Labute approximate surface area is 289 Å². The van der Waals surface area contributed by atoms with Crippen LogP contribution in [-0.2, 0) is 4.79 Å². The van der Waals surface area contributed by atoms with Crippen LogP contribution in [0, 0.1) is 0 Å². The Kier molecular flexibility index (Phi) is 12.5. The molecular weight excluding hydrogens is 592 g/mol. The number of rotatable bonds is 15. The third-order valence-corrected chi connectivity index (χ3v) is 8.98. The first kappa shape index (κ1) is 36.3. The summed E-state index contributed by atoms with van der Waals surface area (Å²) in [5.74, 6) is -0.0279. The Morgan fingerprint density at radius 1 is 0.583 bits per heavy atom. The molecule has 1 aliphatic carbocycles. The maximum absolute atomic E-state index is 14.0. The zero-order chi connectivity index (χ0) is 35.0. The quantitative estimate of drug-likeness (QED) is 0.160. The molecule has 0 unspecified atom stereocenters. The molecule has 4 rings (SSSR count). The van der Waals surface area contributed by atoms with E-state index in [1.807, 2.05) is 25.1 Å². The lowest BCUT2D eigenvalue weighted by molar-refractivity contribution is -0.112. The lowest BCUT2D eigenvalue weighted by Crippen LogP contribution is -2.30. The van der Waals surface area contributed by atoms with Gasteiger partial charge in [0.25, 0.3) is 0 Å². The van der Waals surface area contributed by atoms with Crippen LogP contribution in [0.4, 0.5) is 34.1 Å². The summed E-state index contributed by atoms with van der Waals surface area (Å²) in [4.78, 5) is 26.2. The molecule has 2 N–H and O–H groups in total. The summed E-state index contributed by atoms with van der Waals surface area (Å²) in [5.41, 5.74) is 8.78. The van der Waals surface area contributed by atoms with Crippen molar-refractivity contribution in [2.75, 3.05) is 45.0 Å². The van der Waals surface area contributed by atoms with E-state index in [2.05, 4.69) is 148 Å². The molecular formula is C41H56N6O. The van der Waals surface area contributed by atoms with Crippen LogP contribution >= 0.6 is 0 Å². The first-order valence-corrected chi connectivity index (χ1v) is 17.7. The fourth-order valence-electron chi connectivity index (χ4n) is 6.53. The van der Waals surface area contributed by atoms with Crippen molar-refractivity contribution >= 4 is 45.6 Å². The number of hydrogen-bond donors (Lipinski definition) is 2. The van der Waals surface area contributed by atoms with E-state index in [0.29, 0.717) is 41.5 Å². The second kappa shape index (κ2) is 16.5. The monoisotopic (exact) mass is 648 g/mol. The number of hydrogen-bond acceptors (Lipinski definition) is 7. The predicted octanol–water partition coefficient (Wildman–Crippen LogP) is 9.82. The molecule has 0 amide bonds. The average molecular weight is 649 g/mol. The zero-order valence-electron chi connectivity index (χ0n) is 30.8. The van der Waals surface area contributed by atoms with Gasteiger partial charge in [-0.3, -0.25) is 4.79 Å². The van der Waals surface area contributed by atoms with Gasteiger partial charge in [-0.15, -0.1) is 0 Å². The van der Waals surface area contributed by atoms with Gasteiger partial charge in [0.05, 0.1) is 22.8 Å². The Morgan fingerprint density at radius 2 is 0.979 bits per heavy atom. The summed E-state index contributed by atoms with van der Waals surface area (Å²) in [7, 11) is 0. The molecule has 0 atom stereocenters. The minimum atomic E-state index is -0.0279. The van der Waals surface area contributed by atoms with Crippen molar-refractivity contribution in [1.82, 2.24) is 0 Å². The van der Waals surface area contributed by atoms with Crippen molar-refractivity contribution in [2.45, 2.75) is 93.8 Å². The maximum Gasteiger partial charge on any atom is 0.207 e. The minimum Gasteiger partial charge on any atom is -0.369 e. The van der Waals surface area contributed by atoms with E-state index < -0.39 is 0 Å². The molecule has 0 aliphatic heterocycles. The lowest BCUT2D eigenvalue weighted by atomic mass is 9.94. The first-order chi connectivity index (χ1) is 23.0. The van der Waals surface area contributed by atoms with Gasteiger partial charge in [0.15, 0.2) is 0 Å². The van der Waals surface area contributed by atoms with E-state index in [1.165, 1.54) is 11.4 Å². The van der Waals surface area contributed by atoms with Gasteiger partial charge in [-0.05, 0) is 148 Å². The van der Waals surface area contributed by atoms with Crippen LogP contribution in [0.3, 0.4) is 0 Å². The van der Waals surface area contributed by atoms with Gasteiger partial charge in [0, 0.05) is 71.8 Å². The normalized spacial score (nSPS) is 14.2. The number of Topliss-reactive ketones (excluding diaryl/α,β-unsaturated/α-hetero) is 1. The number of nitrogens with one attached hydrogen (secondary N) is 2. The van der Waals surface area contributed by atoms with Crippen LogP contribution in [0.2, 0.25) is 0 Å². The van der Waals surface area contributed by atoms with Gasteiger partial charge in [-0.1, -0.05) is 6.92 Å². The van der Waals surface area contributed by atoms with Crippen LogP contribution in [-0.4, -0.2) is 49.3 Å². The van der Waals surface area contributed by atoms with Crippen molar-refractivity contribution in [3.05, 3.63) is 95.8 Å². The van der Waals surface area contributed by atoms with Crippen LogP contribution < -0.4 is 25.3 Å². The second-order valence-corrected chi connectivity index (χ2v) is 13.1. The number of anilines is 5. The molecule has 0 fully saturated rings. The molecule has 0 heterocycles. The fraction of sp³-hybridized carbons (Fsp3) is 0.415. The number of aliphatic imine (C=N–C) groups is 1. The highest BCUT2D eigenvalue weighted by Gasteiger charge is 2.27. The Morgan fingerprint density at radius 3 is 1.35 bits per heavy atom. The lowest BCUT2D eigenvalue weighted by Gasteiger charge is -2.28. The summed E-state index contributed by atoms with van der Waals surface area (Å²) in [6.07, 6.45) is 2.45. The van der Waals surface area contributed by atoms with Gasteiger partial charge >= 0.3 is 0 Å². The van der Waals surface area contributed by atoms with Crippen LogP contribution in [0.15, 0.2) is 101 Å². The summed E-state index contributed by atoms with van der Waals surface area (Å²) < 4.78 is 0. The Balaban J connectivity index is 1.73. The topological polar surface area (TPSA) is 63.2 Å². The summed E-state index contributed by atoms with van der Waals surface area (Å²) >= 11 is 0. The van der Waals surface area contributed by atoms with Crippen molar-refractivity contribution in [3.8, 4) is 0 Å². The number of carbonyl (C=O) groups is 1. The number of allylic oxidation sites excluding steroid dienone is 2. The molecule has 1 aliphatic rings. The molecule has 0 saturated heterocycles. The Bertz CT molecular complexity index is 1600. The number of benzene rings is 3. The number of nitrogens with zero attached hydrogens (tertiary/aromatic N) is 4. The Hall–Kier alpha value is -4.52. The summed E-state index contributed by atoms with van der Waals surface area (Å²) in [5, 5.41) is 7.02. The molecule has 7 heteroatoms. The summed E-state index contributed by atoms with van der Waals surface area (Å²) in [6.45, 7) is 24.6. The van der Waals surface area contributed by atoms with Gasteiger partial charge in [-0.25, -0.2) is 4.99 Å². The molecule has 3 aromatic carbocycles. The van der Waals surface area contributed by atoms with Gasteiger partial charge in [0.1, 0.15) is 0 Å². The van der Waals surface area contributed by atoms with E-state index in [4.69, 9.17) is 4.99 Å². The van der Waals surface area contributed by atoms with Gasteiger partial charge in [0.2, 0.25) is 5.78 Å². The van der Waals surface area contributed by atoms with Crippen molar-refractivity contribution in [2.24, 2.45) is 4.99 Å². The highest BCUT2D eigenvalue weighted by molar-refractivity contribution is 6.26. The maximum atomic E-state index is 14.0. The zero-order valence-corrected chi connectivity index (χ0v) is 30.8. The van der Waals surface area contributed by atoms with E-state index in [-0.39, 0.29) is 5.78 Å². The highest BCUT2D eigenvalue weighted by atomic mass is 16.1. The van der Waals surface area contributed by atoms with E-state index >= 15 is 0 Å². The van der Waals surface area contributed by atoms with Crippen molar-refractivity contribution in [3.63, 3.8) is 0 Å². The molecule has 0 radical (unpaired) electrons. The first-order valence-electron chi connectivity index (χ1n) is 17.7. The van der Waals surface area contributed by atoms with Crippen LogP contribution in [0.1, 0.15) is 75.7 Å². The van der Waals surface area contributed by atoms with E-state index in [0.717, 1.165) is 48.1 Å². The van der Waals surface area contributed by atoms with Crippen LogP contribution in [0.5, 0.6) is 0 Å². The molecule has 0 aromatic heterocycles. The van der Waals surface area contributed by atoms with E-state index in [1.54, 1.807) is 0 Å². The third-order valence-electron chi connectivity index (χ3n) is 8.98. The molecule has 7 nitrogen and oxygen atoms in total. The van der Waals surface area contributed by atoms with E-state index in [9.17, 15) is 4.79 Å². The van der Waals surface area contributed by atoms with Gasteiger partial charge in [-0.2, -0.15) is 0 Å². The molecule has 256 valence electrons. The smallest absolute Gasteiger partial charge is 0.207 e. The largest absolute Gasteiger partial charge is 0.369 e. The van der Waals surface area contributed by atoms with Crippen LogP contribution in [0.25, 0.3) is 0 Å². The van der Waals surface area contributed by atoms with Gasteiger partial charge < -0.3 is 25.3 Å². The molecule has 0 bridgehead atoms.